The second kappa shape index (κ2) is 6.57. The molecular formula is C18H19FN2O3S. The van der Waals surface area contributed by atoms with Crippen LogP contribution in [0.2, 0.25) is 0 Å². The molecule has 0 aliphatic carbocycles. The van der Waals surface area contributed by atoms with E-state index in [1.165, 1.54) is 23.4 Å². The molecule has 1 amide bonds. The van der Waals surface area contributed by atoms with E-state index in [0.29, 0.717) is 5.56 Å². The van der Waals surface area contributed by atoms with E-state index in [0.717, 1.165) is 11.6 Å². The Morgan fingerprint density at radius 1 is 1.16 bits per heavy atom. The van der Waals surface area contributed by atoms with Gasteiger partial charge < -0.3 is 5.32 Å². The van der Waals surface area contributed by atoms with Crippen molar-refractivity contribution in [1.29, 1.82) is 0 Å². The van der Waals surface area contributed by atoms with Crippen LogP contribution in [0.25, 0.3) is 0 Å². The van der Waals surface area contributed by atoms with Crippen LogP contribution in [0.15, 0.2) is 47.4 Å². The predicted molar refractivity (Wildman–Crippen MR) is 92.0 cm³/mol. The number of benzene rings is 2. The third-order valence-electron chi connectivity index (χ3n) is 4.26. The first-order valence-corrected chi connectivity index (χ1v) is 9.37. The molecular weight excluding hydrogens is 343 g/mol. The van der Waals surface area contributed by atoms with Gasteiger partial charge in [-0.15, -0.1) is 0 Å². The number of sulfonamides is 1. The van der Waals surface area contributed by atoms with Crippen molar-refractivity contribution in [2.45, 2.75) is 24.8 Å². The lowest BCUT2D eigenvalue weighted by atomic mass is 10.0. The van der Waals surface area contributed by atoms with Crippen molar-refractivity contribution in [3.8, 4) is 0 Å². The molecule has 1 fully saturated rings. The van der Waals surface area contributed by atoms with Crippen LogP contribution in [-0.4, -0.2) is 31.7 Å². The number of nitrogens with zero attached hydrogens (tertiary/aromatic N) is 1. The van der Waals surface area contributed by atoms with E-state index in [2.05, 4.69) is 5.32 Å². The molecule has 0 saturated carbocycles. The molecule has 1 N–H and O–H groups in total. The van der Waals surface area contributed by atoms with E-state index in [-0.39, 0.29) is 29.5 Å². The zero-order valence-corrected chi connectivity index (χ0v) is 14.8. The first-order chi connectivity index (χ1) is 11.8. The normalized spacial score (nSPS) is 18.8. The average Bonchev–Trinajstić information content (AvgIpc) is 2.57. The Bertz CT molecular complexity index is 928. The number of hydrogen-bond acceptors (Lipinski definition) is 3. The molecule has 0 radical (unpaired) electrons. The van der Waals surface area contributed by atoms with Gasteiger partial charge in [0.25, 0.3) is 0 Å². The number of nitrogens with one attached hydrogen (secondary N) is 1. The molecule has 1 aliphatic heterocycles. The first-order valence-electron chi connectivity index (χ1n) is 7.93. The van der Waals surface area contributed by atoms with Gasteiger partial charge in [-0.1, -0.05) is 29.8 Å². The molecule has 0 aromatic heterocycles. The van der Waals surface area contributed by atoms with Crippen LogP contribution in [-0.2, 0) is 14.8 Å². The Kier molecular flexibility index (Phi) is 4.62. The molecule has 0 spiro atoms. The van der Waals surface area contributed by atoms with Crippen LogP contribution in [0, 0.1) is 19.7 Å². The van der Waals surface area contributed by atoms with Gasteiger partial charge in [0, 0.05) is 13.1 Å². The fraction of sp³-hybridized carbons (Fsp3) is 0.278. The number of hydrogen-bond donors (Lipinski definition) is 1. The van der Waals surface area contributed by atoms with Crippen molar-refractivity contribution in [1.82, 2.24) is 9.62 Å². The Hall–Kier alpha value is -2.25. The van der Waals surface area contributed by atoms with Crippen LogP contribution in [0.5, 0.6) is 0 Å². The summed E-state index contributed by atoms with van der Waals surface area (Å²) in [6.45, 7) is 3.78. The highest BCUT2D eigenvalue weighted by Gasteiger charge is 2.39. The van der Waals surface area contributed by atoms with Gasteiger partial charge >= 0.3 is 0 Å². The number of amides is 1. The number of piperazine rings is 1. The van der Waals surface area contributed by atoms with E-state index in [1.807, 2.05) is 13.0 Å². The Balaban J connectivity index is 2.08. The summed E-state index contributed by atoms with van der Waals surface area (Å²) in [6, 6.07) is 9.93. The SMILES string of the molecule is Cc1cccc(C2C(=O)NCCN2S(=O)(=O)c2ccc(F)c(C)c2)c1. The maximum atomic E-state index is 13.5. The molecule has 25 heavy (non-hydrogen) atoms. The van der Waals surface area contributed by atoms with Gasteiger partial charge in [-0.3, -0.25) is 4.79 Å². The zero-order chi connectivity index (χ0) is 18.2. The van der Waals surface area contributed by atoms with Crippen LogP contribution in [0.1, 0.15) is 22.7 Å². The first kappa shape index (κ1) is 17.6. The molecule has 2 aromatic rings. The van der Waals surface area contributed by atoms with Gasteiger partial charge in [0.05, 0.1) is 4.90 Å². The largest absolute Gasteiger partial charge is 0.353 e. The smallest absolute Gasteiger partial charge is 0.244 e. The van der Waals surface area contributed by atoms with Crippen LogP contribution in [0.4, 0.5) is 4.39 Å². The molecule has 1 unspecified atom stereocenters. The molecule has 1 saturated heterocycles. The minimum absolute atomic E-state index is 0.0150. The van der Waals surface area contributed by atoms with E-state index >= 15 is 0 Å². The molecule has 1 atom stereocenters. The second-order valence-electron chi connectivity index (χ2n) is 6.13. The van der Waals surface area contributed by atoms with Crippen molar-refractivity contribution in [3.05, 3.63) is 65.0 Å². The van der Waals surface area contributed by atoms with Gasteiger partial charge in [-0.2, -0.15) is 4.31 Å². The average molecular weight is 362 g/mol. The van der Waals surface area contributed by atoms with Crippen molar-refractivity contribution in [2.24, 2.45) is 0 Å². The van der Waals surface area contributed by atoms with Gasteiger partial charge in [-0.25, -0.2) is 12.8 Å². The lowest BCUT2D eigenvalue weighted by Gasteiger charge is -2.34. The van der Waals surface area contributed by atoms with Crippen LogP contribution >= 0.6 is 0 Å². The van der Waals surface area contributed by atoms with Gasteiger partial charge in [-0.05, 0) is 43.2 Å². The number of aryl methyl sites for hydroxylation is 2. The Morgan fingerprint density at radius 2 is 1.92 bits per heavy atom. The highest BCUT2D eigenvalue weighted by molar-refractivity contribution is 7.89. The maximum absolute atomic E-state index is 13.5. The highest BCUT2D eigenvalue weighted by Crippen LogP contribution is 2.30. The van der Waals surface area contributed by atoms with Crippen molar-refractivity contribution in [3.63, 3.8) is 0 Å². The maximum Gasteiger partial charge on any atom is 0.244 e. The zero-order valence-electron chi connectivity index (χ0n) is 14.0. The highest BCUT2D eigenvalue weighted by atomic mass is 32.2. The number of carbonyl (C=O) groups is 1. The quantitative estimate of drug-likeness (QED) is 0.911. The Labute approximate surface area is 146 Å². The van der Waals surface area contributed by atoms with Crippen molar-refractivity contribution in [2.75, 3.05) is 13.1 Å². The van der Waals surface area contributed by atoms with Crippen molar-refractivity contribution < 1.29 is 17.6 Å². The fourth-order valence-corrected chi connectivity index (χ4v) is 4.64. The summed E-state index contributed by atoms with van der Waals surface area (Å²) in [5, 5.41) is 2.72. The molecule has 132 valence electrons. The van der Waals surface area contributed by atoms with E-state index in [4.69, 9.17) is 0 Å². The van der Waals surface area contributed by atoms with E-state index in [9.17, 15) is 17.6 Å². The molecule has 0 bridgehead atoms. The summed E-state index contributed by atoms with van der Waals surface area (Å²) >= 11 is 0. The fourth-order valence-electron chi connectivity index (χ4n) is 2.98. The standard InChI is InChI=1S/C18H19FN2O3S/c1-12-4-3-5-14(10-12)17-18(22)20-8-9-21(17)25(23,24)15-6-7-16(19)13(2)11-15/h3-7,10-11,17H,8-9H2,1-2H3,(H,20,22). The molecule has 7 heteroatoms. The van der Waals surface area contributed by atoms with Gasteiger partial charge in [0.1, 0.15) is 11.9 Å². The third kappa shape index (κ3) is 3.29. The number of carbonyl (C=O) groups excluding carboxylic acids is 1. The molecule has 2 aromatic carbocycles. The lowest BCUT2D eigenvalue weighted by Crippen LogP contribution is -2.52. The molecule has 1 heterocycles. The van der Waals surface area contributed by atoms with E-state index < -0.39 is 21.9 Å². The summed E-state index contributed by atoms with van der Waals surface area (Å²) in [6.07, 6.45) is 0. The minimum Gasteiger partial charge on any atom is -0.353 e. The lowest BCUT2D eigenvalue weighted by molar-refractivity contribution is -0.126. The van der Waals surface area contributed by atoms with Crippen molar-refractivity contribution >= 4 is 15.9 Å². The summed E-state index contributed by atoms with van der Waals surface area (Å²) in [5.41, 5.74) is 1.79. The topological polar surface area (TPSA) is 66.5 Å². The summed E-state index contributed by atoms with van der Waals surface area (Å²) in [7, 11) is -3.94. The third-order valence-corrected chi connectivity index (χ3v) is 6.12. The summed E-state index contributed by atoms with van der Waals surface area (Å²) in [4.78, 5) is 12.4. The minimum atomic E-state index is -3.94. The molecule has 1 aliphatic rings. The second-order valence-corrected chi connectivity index (χ2v) is 8.03. The summed E-state index contributed by atoms with van der Waals surface area (Å²) < 4.78 is 40.9. The van der Waals surface area contributed by atoms with Gasteiger partial charge in [0.15, 0.2) is 0 Å². The van der Waals surface area contributed by atoms with Gasteiger partial charge in [0.2, 0.25) is 15.9 Å². The number of rotatable bonds is 3. The van der Waals surface area contributed by atoms with E-state index in [1.54, 1.807) is 18.2 Å². The Morgan fingerprint density at radius 3 is 2.60 bits per heavy atom. The molecule has 5 nitrogen and oxygen atoms in total. The monoisotopic (exact) mass is 362 g/mol. The van der Waals surface area contributed by atoms with Crippen LogP contribution < -0.4 is 5.32 Å². The number of halogens is 1. The summed E-state index contributed by atoms with van der Waals surface area (Å²) in [5.74, 6) is -0.829. The van der Waals surface area contributed by atoms with Crippen LogP contribution in [0.3, 0.4) is 0 Å². The molecule has 3 rings (SSSR count). The predicted octanol–water partition coefficient (Wildman–Crippen LogP) is 2.30.